The normalized spacial score (nSPS) is 12.6. The largest absolute Gasteiger partial charge is 0.322 e. The summed E-state index contributed by atoms with van der Waals surface area (Å²) in [6.45, 7) is 5.68. The van der Waals surface area contributed by atoms with E-state index in [9.17, 15) is 0 Å². The number of hydrogen-bond acceptors (Lipinski definition) is 2. The molecule has 1 aromatic heterocycles. The van der Waals surface area contributed by atoms with E-state index < -0.39 is 0 Å². The van der Waals surface area contributed by atoms with Crippen molar-refractivity contribution in [2.24, 2.45) is 5.73 Å². The average Bonchev–Trinajstić information content (AvgIpc) is 2.15. The van der Waals surface area contributed by atoms with Crippen molar-refractivity contribution in [1.29, 1.82) is 0 Å². The second-order valence-corrected chi connectivity index (χ2v) is 4.71. The molecule has 0 aliphatic heterocycles. The summed E-state index contributed by atoms with van der Waals surface area (Å²) in [4.78, 5) is 4.29. The zero-order valence-electron chi connectivity index (χ0n) is 7.93. The fraction of sp³-hybridized carbons (Fsp3) is 0.300. The Balaban J connectivity index is 3.10. The van der Waals surface area contributed by atoms with Gasteiger partial charge in [-0.2, -0.15) is 0 Å². The lowest BCUT2D eigenvalue weighted by Crippen LogP contribution is -2.12. The Hall–Kier alpha value is -0.190. The van der Waals surface area contributed by atoms with Crippen molar-refractivity contribution in [2.45, 2.75) is 19.4 Å². The molecule has 2 N–H and O–H groups in total. The third-order valence-corrected chi connectivity index (χ3v) is 3.80. The van der Waals surface area contributed by atoms with E-state index in [1.807, 2.05) is 6.92 Å². The predicted octanol–water partition coefficient (Wildman–Crippen LogP) is 3.49. The van der Waals surface area contributed by atoms with E-state index in [0.717, 1.165) is 26.6 Å². The Morgan fingerprint density at radius 3 is 2.86 bits per heavy atom. The number of nitrogens with two attached hydrogens (primary N) is 1. The van der Waals surface area contributed by atoms with Crippen LogP contribution in [0, 0.1) is 6.92 Å². The quantitative estimate of drug-likeness (QED) is 0.866. The molecule has 0 spiro atoms. The van der Waals surface area contributed by atoms with Gasteiger partial charge in [-0.1, -0.05) is 6.08 Å². The maximum Gasteiger partial charge on any atom is 0.0719 e. The van der Waals surface area contributed by atoms with Gasteiger partial charge in [0.2, 0.25) is 0 Å². The highest BCUT2D eigenvalue weighted by Crippen LogP contribution is 2.29. The summed E-state index contributed by atoms with van der Waals surface area (Å²) < 4.78 is 1.96. The van der Waals surface area contributed by atoms with Crippen LogP contribution in [0.4, 0.5) is 0 Å². The zero-order valence-corrected chi connectivity index (χ0v) is 11.1. The third kappa shape index (κ3) is 2.43. The Morgan fingerprint density at radius 2 is 2.29 bits per heavy atom. The van der Waals surface area contributed by atoms with Crippen LogP contribution in [0.15, 0.2) is 27.8 Å². The number of hydrogen-bond donors (Lipinski definition) is 1. The molecule has 0 bridgehead atoms. The molecule has 0 fully saturated rings. The summed E-state index contributed by atoms with van der Waals surface area (Å²) in [5, 5.41) is 0. The van der Waals surface area contributed by atoms with Crippen molar-refractivity contribution in [3.63, 3.8) is 0 Å². The highest BCUT2D eigenvalue weighted by molar-refractivity contribution is 9.11. The topological polar surface area (TPSA) is 38.9 Å². The zero-order chi connectivity index (χ0) is 10.7. The molecule has 14 heavy (non-hydrogen) atoms. The van der Waals surface area contributed by atoms with Crippen molar-refractivity contribution < 1.29 is 0 Å². The maximum atomic E-state index is 5.95. The van der Waals surface area contributed by atoms with Gasteiger partial charge in [-0.15, -0.1) is 6.58 Å². The number of halogens is 2. The molecule has 0 radical (unpaired) electrons. The Labute approximate surface area is 101 Å². The van der Waals surface area contributed by atoms with Gasteiger partial charge in [0.1, 0.15) is 0 Å². The molecule has 4 heteroatoms. The van der Waals surface area contributed by atoms with Gasteiger partial charge in [-0.3, -0.25) is 4.98 Å². The molecule has 2 nitrogen and oxygen atoms in total. The van der Waals surface area contributed by atoms with Crippen LogP contribution >= 0.6 is 31.9 Å². The van der Waals surface area contributed by atoms with Gasteiger partial charge in [-0.05, 0) is 50.8 Å². The van der Waals surface area contributed by atoms with Crippen LogP contribution in [0.5, 0.6) is 0 Å². The lowest BCUT2D eigenvalue weighted by Gasteiger charge is -2.12. The average molecular weight is 320 g/mol. The van der Waals surface area contributed by atoms with E-state index in [0.29, 0.717) is 0 Å². The Morgan fingerprint density at radius 1 is 1.64 bits per heavy atom. The van der Waals surface area contributed by atoms with E-state index in [-0.39, 0.29) is 6.04 Å². The van der Waals surface area contributed by atoms with Crippen LogP contribution in [-0.4, -0.2) is 4.98 Å². The Bertz CT molecular complexity index is 350. The number of nitrogens with zero attached hydrogens (tertiary/aromatic N) is 1. The summed E-state index contributed by atoms with van der Waals surface area (Å²) in [5.41, 5.74) is 7.95. The van der Waals surface area contributed by atoms with Crippen molar-refractivity contribution >= 4 is 31.9 Å². The van der Waals surface area contributed by atoms with Crippen molar-refractivity contribution in [3.05, 3.63) is 39.1 Å². The number of aromatic nitrogens is 1. The summed E-state index contributed by atoms with van der Waals surface area (Å²) >= 11 is 6.91. The molecule has 76 valence electrons. The van der Waals surface area contributed by atoms with Gasteiger partial charge in [-0.25, -0.2) is 0 Å². The van der Waals surface area contributed by atoms with Crippen LogP contribution in [0.25, 0.3) is 0 Å². The van der Waals surface area contributed by atoms with Gasteiger partial charge in [0, 0.05) is 15.1 Å². The molecule has 1 heterocycles. The monoisotopic (exact) mass is 318 g/mol. The second kappa shape index (κ2) is 5.05. The molecule has 0 aliphatic rings. The van der Waals surface area contributed by atoms with Gasteiger partial charge in [0.05, 0.1) is 11.7 Å². The van der Waals surface area contributed by atoms with Crippen molar-refractivity contribution in [3.8, 4) is 0 Å². The molecule has 0 saturated heterocycles. The molecule has 0 aromatic carbocycles. The van der Waals surface area contributed by atoms with Gasteiger partial charge >= 0.3 is 0 Å². The van der Waals surface area contributed by atoms with E-state index in [2.05, 4.69) is 43.4 Å². The lowest BCUT2D eigenvalue weighted by molar-refractivity contribution is 0.707. The molecule has 0 amide bonds. The highest BCUT2D eigenvalue weighted by Gasteiger charge is 2.13. The smallest absolute Gasteiger partial charge is 0.0719 e. The van der Waals surface area contributed by atoms with E-state index in [1.54, 1.807) is 12.3 Å². The maximum absolute atomic E-state index is 5.95. The van der Waals surface area contributed by atoms with Gasteiger partial charge in [0.15, 0.2) is 0 Å². The minimum Gasteiger partial charge on any atom is -0.322 e. The van der Waals surface area contributed by atoms with Crippen LogP contribution in [0.1, 0.15) is 23.7 Å². The minimum atomic E-state index is -0.0892. The fourth-order valence-electron chi connectivity index (χ4n) is 1.13. The molecule has 1 rings (SSSR count). The van der Waals surface area contributed by atoms with Crippen LogP contribution in [-0.2, 0) is 0 Å². The number of pyridine rings is 1. The molecule has 0 aliphatic carbocycles. The van der Waals surface area contributed by atoms with Crippen LogP contribution in [0.2, 0.25) is 0 Å². The highest BCUT2D eigenvalue weighted by atomic mass is 79.9. The molecule has 1 aromatic rings. The first-order valence-electron chi connectivity index (χ1n) is 4.25. The molecular weight excluding hydrogens is 308 g/mol. The Kier molecular flexibility index (Phi) is 4.29. The second-order valence-electron chi connectivity index (χ2n) is 3.06. The van der Waals surface area contributed by atoms with E-state index >= 15 is 0 Å². The minimum absolute atomic E-state index is 0.0892. The molecule has 0 saturated carbocycles. The predicted molar refractivity (Wildman–Crippen MR) is 66.1 cm³/mol. The first-order chi connectivity index (χ1) is 6.57. The molecule has 1 atom stereocenters. The third-order valence-electron chi connectivity index (χ3n) is 2.00. The number of rotatable bonds is 3. The van der Waals surface area contributed by atoms with Gasteiger partial charge in [0.25, 0.3) is 0 Å². The first kappa shape index (κ1) is 11.9. The van der Waals surface area contributed by atoms with Crippen molar-refractivity contribution in [2.75, 3.05) is 0 Å². The van der Waals surface area contributed by atoms with E-state index in [4.69, 9.17) is 5.73 Å². The molecule has 1 unspecified atom stereocenters. The van der Waals surface area contributed by atoms with Crippen LogP contribution in [0.3, 0.4) is 0 Å². The van der Waals surface area contributed by atoms with E-state index in [1.165, 1.54) is 0 Å². The van der Waals surface area contributed by atoms with Crippen molar-refractivity contribution in [1.82, 2.24) is 4.98 Å². The molecular formula is C10H12Br2N2. The van der Waals surface area contributed by atoms with Gasteiger partial charge < -0.3 is 5.73 Å². The summed E-state index contributed by atoms with van der Waals surface area (Å²) in [7, 11) is 0. The summed E-state index contributed by atoms with van der Waals surface area (Å²) in [6, 6.07) is -0.0892. The summed E-state index contributed by atoms with van der Waals surface area (Å²) in [6.07, 6.45) is 4.31. The first-order valence-corrected chi connectivity index (χ1v) is 5.83. The fourth-order valence-corrected chi connectivity index (χ4v) is 2.30. The summed E-state index contributed by atoms with van der Waals surface area (Å²) in [5.74, 6) is 0. The van der Waals surface area contributed by atoms with Crippen LogP contribution < -0.4 is 5.73 Å². The standard InChI is InChI=1S/C10H12Br2N2/c1-3-4-8(13)10-9(12)6(2)7(11)5-14-10/h3,5,8H,1,4,13H2,2H3. The lowest BCUT2D eigenvalue weighted by atomic mass is 10.1. The SMILES string of the molecule is C=CCC(N)c1ncc(Br)c(C)c1Br.